The molecule has 0 aromatic heterocycles. The lowest BCUT2D eigenvalue weighted by molar-refractivity contribution is -0.128. The summed E-state index contributed by atoms with van der Waals surface area (Å²) in [4.78, 5) is 24.2. The van der Waals surface area contributed by atoms with Gasteiger partial charge in [0.2, 0.25) is 0 Å². The van der Waals surface area contributed by atoms with Crippen molar-refractivity contribution in [3.05, 3.63) is 46.4 Å². The zero-order valence-electron chi connectivity index (χ0n) is 10.8. The average Bonchev–Trinajstić information content (AvgIpc) is 2.46. The Morgan fingerprint density at radius 1 is 1.15 bits per heavy atom. The third-order valence-electron chi connectivity index (χ3n) is 3.57. The van der Waals surface area contributed by atoms with Crippen molar-refractivity contribution < 1.29 is 14.3 Å². The molecule has 1 heterocycles. The summed E-state index contributed by atoms with van der Waals surface area (Å²) in [5.74, 6) is -0.798. The zero-order chi connectivity index (χ0) is 14.1. The molecular formula is C16H13BrO3. The van der Waals surface area contributed by atoms with E-state index in [2.05, 4.69) is 15.9 Å². The molecule has 1 aliphatic rings. The second-order valence-electron chi connectivity index (χ2n) is 4.91. The summed E-state index contributed by atoms with van der Waals surface area (Å²) in [5, 5.41) is 2.05. The minimum absolute atomic E-state index is 0.0165. The van der Waals surface area contributed by atoms with Gasteiger partial charge < -0.3 is 4.74 Å². The standard InChI is InChI=1S/C16H13BrO3/c17-13-4-3-10-7-12(2-1-11(10)8-13)16(19)14-9-20-6-5-15(14)18/h1-4,7-8,14H,5-6,9H2. The van der Waals surface area contributed by atoms with Crippen LogP contribution >= 0.6 is 15.9 Å². The average molecular weight is 333 g/mol. The van der Waals surface area contributed by atoms with E-state index in [1.54, 1.807) is 6.07 Å². The molecule has 3 nitrogen and oxygen atoms in total. The first-order chi connectivity index (χ1) is 9.65. The van der Waals surface area contributed by atoms with Crippen LogP contribution in [0.1, 0.15) is 16.8 Å². The summed E-state index contributed by atoms with van der Waals surface area (Å²) in [5.41, 5.74) is 0.573. The number of ketones is 2. The Hall–Kier alpha value is -1.52. The number of fused-ring (bicyclic) bond motifs is 1. The Bertz CT molecular complexity index is 693. The second-order valence-corrected chi connectivity index (χ2v) is 5.83. The van der Waals surface area contributed by atoms with Gasteiger partial charge in [0.25, 0.3) is 0 Å². The molecule has 0 amide bonds. The second kappa shape index (κ2) is 5.46. The Kier molecular flexibility index (Phi) is 3.68. The Morgan fingerprint density at radius 2 is 1.90 bits per heavy atom. The maximum atomic E-state index is 12.4. The summed E-state index contributed by atoms with van der Waals surface area (Å²) in [6, 6.07) is 11.4. The van der Waals surface area contributed by atoms with E-state index in [1.807, 2.05) is 30.3 Å². The number of carbonyl (C=O) groups excluding carboxylic acids is 2. The first kappa shape index (κ1) is 13.5. The topological polar surface area (TPSA) is 43.4 Å². The smallest absolute Gasteiger partial charge is 0.175 e. The first-order valence-corrected chi connectivity index (χ1v) is 7.28. The fraction of sp³-hybridized carbons (Fsp3) is 0.250. The zero-order valence-corrected chi connectivity index (χ0v) is 12.4. The third kappa shape index (κ3) is 2.53. The van der Waals surface area contributed by atoms with Crippen molar-refractivity contribution in [2.75, 3.05) is 13.2 Å². The summed E-state index contributed by atoms with van der Waals surface area (Å²) in [6.45, 7) is 0.629. The van der Waals surface area contributed by atoms with Crippen molar-refractivity contribution >= 4 is 38.3 Å². The van der Waals surface area contributed by atoms with Gasteiger partial charge in [0.1, 0.15) is 11.7 Å². The van der Waals surface area contributed by atoms with Crippen molar-refractivity contribution in [2.45, 2.75) is 6.42 Å². The molecule has 1 fully saturated rings. The number of benzene rings is 2. The van der Waals surface area contributed by atoms with Crippen molar-refractivity contribution in [2.24, 2.45) is 5.92 Å². The van der Waals surface area contributed by atoms with Crippen LogP contribution in [-0.2, 0) is 9.53 Å². The molecule has 1 aliphatic heterocycles. The van der Waals surface area contributed by atoms with Crippen molar-refractivity contribution in [3.8, 4) is 0 Å². The van der Waals surface area contributed by atoms with Gasteiger partial charge in [-0.3, -0.25) is 9.59 Å². The van der Waals surface area contributed by atoms with E-state index in [-0.39, 0.29) is 18.2 Å². The number of carbonyl (C=O) groups is 2. The van der Waals surface area contributed by atoms with E-state index < -0.39 is 5.92 Å². The minimum Gasteiger partial charge on any atom is -0.380 e. The van der Waals surface area contributed by atoms with E-state index in [0.29, 0.717) is 18.6 Å². The summed E-state index contributed by atoms with van der Waals surface area (Å²) >= 11 is 3.42. The highest BCUT2D eigenvalue weighted by atomic mass is 79.9. The maximum Gasteiger partial charge on any atom is 0.175 e. The Labute approximate surface area is 125 Å². The molecule has 3 rings (SSSR count). The fourth-order valence-corrected chi connectivity index (χ4v) is 2.81. The predicted molar refractivity (Wildman–Crippen MR) is 79.9 cm³/mol. The Morgan fingerprint density at radius 3 is 2.70 bits per heavy atom. The molecule has 0 spiro atoms. The molecule has 102 valence electrons. The fourth-order valence-electron chi connectivity index (χ4n) is 2.43. The first-order valence-electron chi connectivity index (χ1n) is 6.49. The highest BCUT2D eigenvalue weighted by Crippen LogP contribution is 2.23. The predicted octanol–water partition coefficient (Wildman–Crippen LogP) is 3.39. The number of Topliss-reactive ketones (excluding diaryl/α,β-unsaturated/α-hetero) is 2. The molecule has 2 aromatic rings. The number of hydrogen-bond donors (Lipinski definition) is 0. The Balaban J connectivity index is 1.95. The van der Waals surface area contributed by atoms with Crippen LogP contribution in [0.5, 0.6) is 0 Å². The van der Waals surface area contributed by atoms with Gasteiger partial charge in [0.15, 0.2) is 5.78 Å². The quantitative estimate of drug-likeness (QED) is 0.625. The van der Waals surface area contributed by atoms with Crippen LogP contribution in [0.4, 0.5) is 0 Å². The molecule has 0 N–H and O–H groups in total. The molecule has 0 aliphatic carbocycles. The van der Waals surface area contributed by atoms with Gasteiger partial charge in [0, 0.05) is 16.5 Å². The summed E-state index contributed by atoms with van der Waals surface area (Å²) in [6.07, 6.45) is 0.330. The van der Waals surface area contributed by atoms with Crippen molar-refractivity contribution in [1.29, 1.82) is 0 Å². The van der Waals surface area contributed by atoms with Crippen molar-refractivity contribution in [1.82, 2.24) is 0 Å². The van der Waals surface area contributed by atoms with E-state index in [1.165, 1.54) is 0 Å². The number of rotatable bonds is 2. The van der Waals surface area contributed by atoms with Crippen LogP contribution in [0.2, 0.25) is 0 Å². The molecule has 4 heteroatoms. The lowest BCUT2D eigenvalue weighted by Crippen LogP contribution is -2.33. The van der Waals surface area contributed by atoms with Crippen LogP contribution in [0, 0.1) is 5.92 Å². The van der Waals surface area contributed by atoms with Crippen LogP contribution in [-0.4, -0.2) is 24.8 Å². The molecule has 1 saturated heterocycles. The van der Waals surface area contributed by atoms with Gasteiger partial charge in [-0.25, -0.2) is 0 Å². The molecule has 20 heavy (non-hydrogen) atoms. The van der Waals surface area contributed by atoms with Gasteiger partial charge in [-0.1, -0.05) is 34.1 Å². The van der Waals surface area contributed by atoms with E-state index in [4.69, 9.17) is 4.74 Å². The van der Waals surface area contributed by atoms with Crippen LogP contribution < -0.4 is 0 Å². The largest absolute Gasteiger partial charge is 0.380 e. The maximum absolute atomic E-state index is 12.4. The summed E-state index contributed by atoms with van der Waals surface area (Å²) < 4.78 is 6.25. The van der Waals surface area contributed by atoms with E-state index in [9.17, 15) is 9.59 Å². The summed E-state index contributed by atoms with van der Waals surface area (Å²) in [7, 11) is 0. The molecular weight excluding hydrogens is 320 g/mol. The molecule has 0 saturated carbocycles. The third-order valence-corrected chi connectivity index (χ3v) is 4.06. The van der Waals surface area contributed by atoms with Gasteiger partial charge in [0.05, 0.1) is 13.2 Å². The monoisotopic (exact) mass is 332 g/mol. The SMILES string of the molecule is O=C1CCOCC1C(=O)c1ccc2cc(Br)ccc2c1. The minimum atomic E-state index is -0.642. The van der Waals surface area contributed by atoms with Gasteiger partial charge in [-0.05, 0) is 29.0 Å². The van der Waals surface area contributed by atoms with Gasteiger partial charge >= 0.3 is 0 Å². The molecule has 1 unspecified atom stereocenters. The number of ether oxygens (including phenoxy) is 1. The normalized spacial score (nSPS) is 19.2. The lowest BCUT2D eigenvalue weighted by atomic mass is 9.90. The van der Waals surface area contributed by atoms with Crippen LogP contribution in [0.3, 0.4) is 0 Å². The van der Waals surface area contributed by atoms with E-state index >= 15 is 0 Å². The van der Waals surface area contributed by atoms with Crippen LogP contribution in [0.25, 0.3) is 10.8 Å². The lowest BCUT2D eigenvalue weighted by Gasteiger charge is -2.19. The highest BCUT2D eigenvalue weighted by Gasteiger charge is 2.30. The molecule has 0 bridgehead atoms. The highest BCUT2D eigenvalue weighted by molar-refractivity contribution is 9.10. The van der Waals surface area contributed by atoms with Crippen molar-refractivity contribution in [3.63, 3.8) is 0 Å². The number of hydrogen-bond acceptors (Lipinski definition) is 3. The molecule has 0 radical (unpaired) electrons. The van der Waals surface area contributed by atoms with Gasteiger partial charge in [-0.15, -0.1) is 0 Å². The number of halogens is 1. The molecule has 1 atom stereocenters. The van der Waals surface area contributed by atoms with Gasteiger partial charge in [-0.2, -0.15) is 0 Å². The van der Waals surface area contributed by atoms with E-state index in [0.717, 1.165) is 15.2 Å². The molecule has 2 aromatic carbocycles. The van der Waals surface area contributed by atoms with Crippen LogP contribution in [0.15, 0.2) is 40.9 Å².